The number of hydrogen-bond acceptors (Lipinski definition) is 7. The lowest BCUT2D eigenvalue weighted by molar-refractivity contribution is -0.384. The fourth-order valence-electron chi connectivity index (χ4n) is 3.26. The Kier molecular flexibility index (Phi) is 9.32. The molecule has 35 heavy (non-hydrogen) atoms. The molecule has 12 heteroatoms. The molecule has 2 aromatic rings. The van der Waals surface area contributed by atoms with Crippen LogP contribution in [0.1, 0.15) is 32.2 Å². The third kappa shape index (κ3) is 7.59. The van der Waals surface area contributed by atoms with Gasteiger partial charge in [0.1, 0.15) is 17.6 Å². The Morgan fingerprint density at radius 3 is 2.37 bits per heavy atom. The van der Waals surface area contributed by atoms with Crippen molar-refractivity contribution in [2.75, 3.05) is 18.9 Å². The number of nitrogen functional groups attached to an aromatic ring is 1. The zero-order valence-corrected chi connectivity index (χ0v) is 25.2. The highest BCUT2D eigenvalue weighted by Crippen LogP contribution is 2.39. The molecule has 0 radical (unpaired) electrons. The van der Waals surface area contributed by atoms with Gasteiger partial charge in [-0.15, -0.1) is 0 Å². The van der Waals surface area contributed by atoms with E-state index in [2.05, 4.69) is 63.6 Å². The Hall–Kier alpha value is -1.80. The van der Waals surface area contributed by atoms with Gasteiger partial charge in [0.2, 0.25) is 0 Å². The molecular formula is C23H40ClN5O4Si2. The second-order valence-corrected chi connectivity index (χ2v) is 22.4. The lowest BCUT2D eigenvalue weighted by Crippen LogP contribution is -2.41. The van der Waals surface area contributed by atoms with Crippen molar-refractivity contribution in [2.24, 2.45) is 0 Å². The zero-order chi connectivity index (χ0) is 26.8. The summed E-state index contributed by atoms with van der Waals surface area (Å²) in [5, 5.41) is 16.6. The third-order valence-corrected chi connectivity index (χ3v) is 12.9. The number of rotatable bonds is 11. The molecule has 0 saturated heterocycles. The average molecular weight is 542 g/mol. The topological polar surface area (TPSA) is 118 Å². The van der Waals surface area contributed by atoms with Crippen molar-refractivity contribution in [3.8, 4) is 11.3 Å². The number of nitro groups is 1. The van der Waals surface area contributed by atoms with Crippen LogP contribution in [0.25, 0.3) is 11.3 Å². The number of aryl methyl sites for hydroxylation is 1. The van der Waals surface area contributed by atoms with Crippen molar-refractivity contribution in [1.29, 1.82) is 0 Å². The summed E-state index contributed by atoms with van der Waals surface area (Å²) in [7, 11) is -3.22. The summed E-state index contributed by atoms with van der Waals surface area (Å²) in [4.78, 5) is 15.9. The summed E-state index contributed by atoms with van der Waals surface area (Å²) in [5.41, 5.74) is 8.26. The largest absolute Gasteiger partial charge is 0.416 e. The molecule has 0 aliphatic carbocycles. The zero-order valence-electron chi connectivity index (χ0n) is 22.5. The van der Waals surface area contributed by atoms with Crippen LogP contribution in [-0.4, -0.2) is 49.3 Å². The van der Waals surface area contributed by atoms with Gasteiger partial charge in [0.05, 0.1) is 16.3 Å². The van der Waals surface area contributed by atoms with Gasteiger partial charge in [0.15, 0.2) is 14.0 Å². The van der Waals surface area contributed by atoms with Gasteiger partial charge >= 0.3 is 5.69 Å². The van der Waals surface area contributed by atoms with Crippen molar-refractivity contribution in [3.05, 3.63) is 32.7 Å². The van der Waals surface area contributed by atoms with Gasteiger partial charge in [0, 0.05) is 33.3 Å². The molecule has 2 heterocycles. The van der Waals surface area contributed by atoms with E-state index in [-0.39, 0.29) is 34.0 Å². The minimum absolute atomic E-state index is 0.0750. The Morgan fingerprint density at radius 1 is 1.20 bits per heavy atom. The molecule has 0 aliphatic rings. The summed E-state index contributed by atoms with van der Waals surface area (Å²) in [6.45, 7) is 20.4. The molecule has 2 rings (SSSR count). The minimum atomic E-state index is -1.95. The first-order chi connectivity index (χ1) is 15.9. The van der Waals surface area contributed by atoms with Crippen LogP contribution in [0.5, 0.6) is 0 Å². The molecule has 9 nitrogen and oxygen atoms in total. The summed E-state index contributed by atoms with van der Waals surface area (Å²) < 4.78 is 13.6. The first-order valence-electron chi connectivity index (χ1n) is 11.8. The summed E-state index contributed by atoms with van der Waals surface area (Å²) in [6.07, 6.45) is 0.444. The van der Waals surface area contributed by atoms with Crippen LogP contribution in [0.2, 0.25) is 49.0 Å². The second kappa shape index (κ2) is 11.1. The van der Waals surface area contributed by atoms with Gasteiger partial charge in [-0.05, 0) is 37.2 Å². The number of aromatic nitrogens is 3. The van der Waals surface area contributed by atoms with Gasteiger partial charge in [-0.2, -0.15) is 5.10 Å². The smallest absolute Gasteiger partial charge is 0.317 e. The lowest BCUT2D eigenvalue weighted by Gasteiger charge is -2.36. The van der Waals surface area contributed by atoms with Crippen LogP contribution in [-0.2, 0) is 22.3 Å². The highest BCUT2D eigenvalue weighted by molar-refractivity contribution is 6.76. The molecule has 0 aliphatic heterocycles. The van der Waals surface area contributed by atoms with Gasteiger partial charge in [0.25, 0.3) is 0 Å². The van der Waals surface area contributed by atoms with Crippen LogP contribution in [0.15, 0.2) is 6.07 Å². The molecule has 0 amide bonds. The molecule has 0 unspecified atom stereocenters. The molecule has 0 aromatic carbocycles. The van der Waals surface area contributed by atoms with Crippen LogP contribution in [0, 0.1) is 17.0 Å². The molecule has 0 saturated carbocycles. The van der Waals surface area contributed by atoms with E-state index in [0.717, 1.165) is 6.04 Å². The Balaban J connectivity index is 2.40. The molecule has 2 aromatic heterocycles. The fraction of sp³-hybridized carbons (Fsp3) is 0.652. The predicted octanol–water partition coefficient (Wildman–Crippen LogP) is 6.27. The quantitative estimate of drug-likeness (QED) is 0.117. The Morgan fingerprint density at radius 2 is 1.83 bits per heavy atom. The third-order valence-electron chi connectivity index (χ3n) is 6.46. The number of ether oxygens (including phenoxy) is 1. The van der Waals surface area contributed by atoms with Crippen LogP contribution < -0.4 is 5.73 Å². The number of nitrogens with zero attached hydrogens (tertiary/aromatic N) is 4. The van der Waals surface area contributed by atoms with E-state index >= 15 is 0 Å². The van der Waals surface area contributed by atoms with E-state index in [1.807, 2.05) is 0 Å². The standard InChI is InChI=1S/C23H40ClN5O4Si2/c1-16-21(29(30)31)22(28(27-16)15-32-12-13-34(5,6)7)17-14-19(24)26-18(20(17)25)10-11-33-35(8,9)23(2,3)4/h14H,10-13,15,25H2,1-9H3. The van der Waals surface area contributed by atoms with E-state index in [0.29, 0.717) is 36.6 Å². The monoisotopic (exact) mass is 541 g/mol. The van der Waals surface area contributed by atoms with Crippen LogP contribution in [0.3, 0.4) is 0 Å². The van der Waals surface area contributed by atoms with Gasteiger partial charge in [-0.25, -0.2) is 9.67 Å². The predicted molar refractivity (Wildman–Crippen MR) is 147 cm³/mol. The number of pyridine rings is 1. The lowest BCUT2D eigenvalue weighted by atomic mass is 10.1. The maximum absolute atomic E-state index is 12.0. The molecule has 0 bridgehead atoms. The normalized spacial score (nSPS) is 12.9. The Labute approximate surface area is 215 Å². The van der Waals surface area contributed by atoms with E-state index in [1.54, 1.807) is 13.0 Å². The first-order valence-corrected chi connectivity index (χ1v) is 18.8. The molecule has 0 fully saturated rings. The van der Waals surface area contributed by atoms with Crippen molar-refractivity contribution in [3.63, 3.8) is 0 Å². The second-order valence-electron chi connectivity index (χ2n) is 11.6. The summed E-state index contributed by atoms with van der Waals surface area (Å²) in [6, 6.07) is 2.53. The average Bonchev–Trinajstić information content (AvgIpc) is 3.02. The van der Waals surface area contributed by atoms with E-state index < -0.39 is 21.3 Å². The Bertz CT molecular complexity index is 1060. The first kappa shape index (κ1) is 29.4. The van der Waals surface area contributed by atoms with Crippen LogP contribution in [0.4, 0.5) is 11.4 Å². The molecule has 2 N–H and O–H groups in total. The van der Waals surface area contributed by atoms with Crippen molar-refractivity contribution in [1.82, 2.24) is 14.8 Å². The highest BCUT2D eigenvalue weighted by atomic mass is 35.5. The number of nitrogens with two attached hydrogens (primary N) is 1. The summed E-state index contributed by atoms with van der Waals surface area (Å²) in [5.74, 6) is 0. The van der Waals surface area contributed by atoms with Gasteiger partial charge < -0.3 is 14.9 Å². The highest BCUT2D eigenvalue weighted by Gasteiger charge is 2.37. The molecule has 0 spiro atoms. The molecular weight excluding hydrogens is 502 g/mol. The van der Waals surface area contributed by atoms with Crippen molar-refractivity contribution >= 4 is 39.4 Å². The van der Waals surface area contributed by atoms with Crippen LogP contribution >= 0.6 is 11.6 Å². The van der Waals surface area contributed by atoms with E-state index in [4.69, 9.17) is 26.5 Å². The number of halogens is 1. The van der Waals surface area contributed by atoms with Gasteiger partial charge in [-0.1, -0.05) is 52.0 Å². The maximum Gasteiger partial charge on any atom is 0.317 e. The fourth-order valence-corrected chi connectivity index (χ4v) is 5.27. The van der Waals surface area contributed by atoms with E-state index in [9.17, 15) is 10.1 Å². The number of hydrogen-bond donors (Lipinski definition) is 1. The SMILES string of the molecule is Cc1nn(COCC[Si](C)(C)C)c(-c2cc(Cl)nc(CCO[Si](C)(C)C(C)(C)C)c2N)c1[N+](=O)[O-]. The van der Waals surface area contributed by atoms with Crippen molar-refractivity contribution in [2.45, 2.75) is 84.7 Å². The number of anilines is 1. The van der Waals surface area contributed by atoms with E-state index in [1.165, 1.54) is 4.68 Å². The molecule has 0 atom stereocenters. The minimum Gasteiger partial charge on any atom is -0.416 e. The van der Waals surface area contributed by atoms with Gasteiger partial charge in [-0.3, -0.25) is 10.1 Å². The van der Waals surface area contributed by atoms with Crippen molar-refractivity contribution < 1.29 is 14.1 Å². The summed E-state index contributed by atoms with van der Waals surface area (Å²) >= 11 is 6.36. The molecule has 196 valence electrons. The maximum atomic E-state index is 12.0.